The molecule has 7 heteroatoms. The van der Waals surface area contributed by atoms with E-state index in [9.17, 15) is 4.79 Å². The molecule has 0 spiro atoms. The summed E-state index contributed by atoms with van der Waals surface area (Å²) in [6, 6.07) is 9.75. The molecule has 1 saturated heterocycles. The van der Waals surface area contributed by atoms with E-state index >= 15 is 0 Å². The molecule has 0 radical (unpaired) electrons. The molecule has 1 aromatic carbocycles. The van der Waals surface area contributed by atoms with Crippen molar-refractivity contribution in [3.8, 4) is 0 Å². The van der Waals surface area contributed by atoms with Gasteiger partial charge in [-0.15, -0.1) is 0 Å². The fraction of sp³-hybridized carbons (Fsp3) is 0.500. The smallest absolute Gasteiger partial charge is 0.276 e. The number of benzene rings is 1. The van der Waals surface area contributed by atoms with Gasteiger partial charge in [0, 0.05) is 25.0 Å². The second kappa shape index (κ2) is 10.2. The third-order valence-corrected chi connectivity index (χ3v) is 4.52. The molecular weight excluding hydrogens is 344 g/mol. The average Bonchev–Trinajstić information content (AvgIpc) is 3.19. The fourth-order valence-corrected chi connectivity index (χ4v) is 3.11. The maximum Gasteiger partial charge on any atom is 0.276 e. The molecule has 0 aliphatic carbocycles. The third-order valence-electron chi connectivity index (χ3n) is 4.52. The second-order valence-corrected chi connectivity index (χ2v) is 6.59. The minimum atomic E-state index is -0.202. The summed E-state index contributed by atoms with van der Waals surface area (Å²) in [5.41, 5.74) is 2.17. The van der Waals surface area contributed by atoms with E-state index in [1.807, 2.05) is 42.1 Å². The maximum absolute atomic E-state index is 12.5. The largest absolute Gasteiger partial charge is 0.379 e. The molecule has 0 saturated carbocycles. The van der Waals surface area contributed by atoms with Gasteiger partial charge < -0.3 is 20.1 Å². The van der Waals surface area contributed by atoms with E-state index in [4.69, 9.17) is 9.47 Å². The average molecular weight is 372 g/mol. The zero-order chi connectivity index (χ0) is 18.9. The Morgan fingerprint density at radius 1 is 1.33 bits per heavy atom. The van der Waals surface area contributed by atoms with Crippen LogP contribution in [0.5, 0.6) is 0 Å². The normalized spacial score (nSPS) is 17.0. The van der Waals surface area contributed by atoms with E-state index in [1.165, 1.54) is 0 Å². The number of carbonyl (C=O) groups excluding carboxylic acids is 1. The van der Waals surface area contributed by atoms with Gasteiger partial charge in [-0.25, -0.2) is 0 Å². The van der Waals surface area contributed by atoms with E-state index in [-0.39, 0.29) is 5.91 Å². The van der Waals surface area contributed by atoms with Gasteiger partial charge in [-0.1, -0.05) is 12.1 Å². The molecule has 1 atom stereocenters. The fourth-order valence-electron chi connectivity index (χ4n) is 3.11. The summed E-state index contributed by atoms with van der Waals surface area (Å²) in [4.78, 5) is 12.5. The van der Waals surface area contributed by atoms with Crippen molar-refractivity contribution in [3.63, 3.8) is 0 Å². The van der Waals surface area contributed by atoms with E-state index in [1.54, 1.807) is 6.07 Å². The lowest BCUT2D eigenvalue weighted by Gasteiger charge is -2.22. The number of anilines is 1. The van der Waals surface area contributed by atoms with Crippen LogP contribution in [0.4, 0.5) is 5.69 Å². The first-order valence-corrected chi connectivity index (χ1v) is 9.58. The molecule has 1 aliphatic rings. The van der Waals surface area contributed by atoms with E-state index < -0.39 is 0 Å². The number of carbonyl (C=O) groups is 1. The SMILES string of the molecule is CCOCCOCc1cccc(NC(=O)c2ccn(C3CCCNC3)n2)c1. The van der Waals surface area contributed by atoms with E-state index in [0.717, 1.165) is 37.2 Å². The molecule has 2 N–H and O–H groups in total. The Kier molecular flexibility index (Phi) is 7.38. The van der Waals surface area contributed by atoms with Crippen LogP contribution in [0, 0.1) is 0 Å². The molecular formula is C20H28N4O3. The molecule has 1 fully saturated rings. The first kappa shape index (κ1) is 19.5. The summed E-state index contributed by atoms with van der Waals surface area (Å²) < 4.78 is 12.7. The lowest BCUT2D eigenvalue weighted by Crippen LogP contribution is -2.32. The van der Waals surface area contributed by atoms with Gasteiger partial charge in [0.05, 0.1) is 25.9 Å². The number of hydrogen-bond donors (Lipinski definition) is 2. The standard InChI is InChI=1S/C20H28N4O3/c1-2-26-11-12-27-15-16-5-3-6-17(13-16)22-20(25)19-8-10-24(23-19)18-7-4-9-21-14-18/h3,5-6,8,10,13,18,21H,2,4,7,9,11-12,14-15H2,1H3,(H,22,25). The summed E-state index contributed by atoms with van der Waals surface area (Å²) in [6.45, 7) is 6.23. The molecule has 1 amide bonds. The molecule has 1 aromatic heterocycles. The third kappa shape index (κ3) is 5.89. The zero-order valence-corrected chi connectivity index (χ0v) is 15.8. The van der Waals surface area contributed by atoms with Crippen molar-refractivity contribution >= 4 is 11.6 Å². The van der Waals surface area contributed by atoms with Crippen molar-refractivity contribution in [1.29, 1.82) is 0 Å². The molecule has 1 aliphatic heterocycles. The summed E-state index contributed by atoms with van der Waals surface area (Å²) in [5, 5.41) is 10.7. The van der Waals surface area contributed by atoms with Gasteiger partial charge in [-0.05, 0) is 50.1 Å². The Labute approximate surface area is 160 Å². The number of amides is 1. The number of hydrogen-bond acceptors (Lipinski definition) is 5. The quantitative estimate of drug-likeness (QED) is 0.662. The number of nitrogens with one attached hydrogen (secondary N) is 2. The highest BCUT2D eigenvalue weighted by atomic mass is 16.5. The molecule has 1 unspecified atom stereocenters. The molecule has 3 rings (SSSR count). The Bertz CT molecular complexity index is 726. The Balaban J connectivity index is 1.53. The Morgan fingerprint density at radius 3 is 3.04 bits per heavy atom. The summed E-state index contributed by atoms with van der Waals surface area (Å²) in [7, 11) is 0. The summed E-state index contributed by atoms with van der Waals surface area (Å²) in [5.74, 6) is -0.202. The topological polar surface area (TPSA) is 77.4 Å². The van der Waals surface area contributed by atoms with Crippen LogP contribution in [0.2, 0.25) is 0 Å². The van der Waals surface area contributed by atoms with Gasteiger partial charge >= 0.3 is 0 Å². The number of piperidine rings is 1. The highest BCUT2D eigenvalue weighted by molar-refractivity contribution is 6.02. The number of aromatic nitrogens is 2. The van der Waals surface area contributed by atoms with Crippen LogP contribution < -0.4 is 10.6 Å². The van der Waals surface area contributed by atoms with Crippen molar-refractivity contribution < 1.29 is 14.3 Å². The van der Waals surface area contributed by atoms with Crippen LogP contribution in [-0.2, 0) is 16.1 Å². The van der Waals surface area contributed by atoms with Crippen molar-refractivity contribution in [2.24, 2.45) is 0 Å². The molecule has 0 bridgehead atoms. The zero-order valence-electron chi connectivity index (χ0n) is 15.8. The monoisotopic (exact) mass is 372 g/mol. The lowest BCUT2D eigenvalue weighted by molar-refractivity contribution is 0.0453. The van der Waals surface area contributed by atoms with Gasteiger partial charge in [0.15, 0.2) is 5.69 Å². The highest BCUT2D eigenvalue weighted by Crippen LogP contribution is 2.17. The Morgan fingerprint density at radius 2 is 2.22 bits per heavy atom. The summed E-state index contributed by atoms with van der Waals surface area (Å²) in [6.07, 6.45) is 4.10. The van der Waals surface area contributed by atoms with Crippen LogP contribution in [0.15, 0.2) is 36.5 Å². The summed E-state index contributed by atoms with van der Waals surface area (Å²) >= 11 is 0. The first-order chi connectivity index (χ1) is 13.3. The number of rotatable bonds is 9. The first-order valence-electron chi connectivity index (χ1n) is 9.58. The lowest BCUT2D eigenvalue weighted by atomic mass is 10.1. The second-order valence-electron chi connectivity index (χ2n) is 6.59. The molecule has 146 valence electrons. The maximum atomic E-state index is 12.5. The van der Waals surface area contributed by atoms with Gasteiger partial charge in [0.25, 0.3) is 5.91 Å². The molecule has 2 heterocycles. The highest BCUT2D eigenvalue weighted by Gasteiger charge is 2.17. The number of ether oxygens (including phenoxy) is 2. The van der Waals surface area contributed by atoms with Crippen molar-refractivity contribution in [1.82, 2.24) is 15.1 Å². The van der Waals surface area contributed by atoms with Crippen LogP contribution in [0.3, 0.4) is 0 Å². The minimum absolute atomic E-state index is 0.202. The van der Waals surface area contributed by atoms with Crippen LogP contribution in [0.1, 0.15) is 41.9 Å². The van der Waals surface area contributed by atoms with Crippen molar-refractivity contribution in [2.45, 2.75) is 32.4 Å². The van der Waals surface area contributed by atoms with Crippen LogP contribution in [-0.4, -0.2) is 48.6 Å². The van der Waals surface area contributed by atoms with Crippen LogP contribution >= 0.6 is 0 Å². The van der Waals surface area contributed by atoms with Crippen molar-refractivity contribution in [2.75, 3.05) is 38.2 Å². The van der Waals surface area contributed by atoms with E-state index in [0.29, 0.717) is 38.2 Å². The predicted molar refractivity (Wildman–Crippen MR) is 104 cm³/mol. The molecule has 7 nitrogen and oxygen atoms in total. The van der Waals surface area contributed by atoms with Crippen LogP contribution in [0.25, 0.3) is 0 Å². The van der Waals surface area contributed by atoms with Gasteiger partial charge in [-0.2, -0.15) is 5.10 Å². The Hall–Kier alpha value is -2.22. The van der Waals surface area contributed by atoms with E-state index in [2.05, 4.69) is 15.7 Å². The number of nitrogens with zero attached hydrogens (tertiary/aromatic N) is 2. The van der Waals surface area contributed by atoms with Gasteiger partial charge in [0.1, 0.15) is 0 Å². The molecule has 2 aromatic rings. The van der Waals surface area contributed by atoms with Gasteiger partial charge in [0.2, 0.25) is 0 Å². The minimum Gasteiger partial charge on any atom is -0.379 e. The van der Waals surface area contributed by atoms with Crippen molar-refractivity contribution in [3.05, 3.63) is 47.8 Å². The molecule has 27 heavy (non-hydrogen) atoms. The predicted octanol–water partition coefficient (Wildman–Crippen LogP) is 2.61. The van der Waals surface area contributed by atoms with Gasteiger partial charge in [-0.3, -0.25) is 9.48 Å².